The number of anilines is 1. The molecular weight excluding hydrogens is 452 g/mol. The van der Waals surface area contributed by atoms with Gasteiger partial charge in [0.25, 0.3) is 5.91 Å². The van der Waals surface area contributed by atoms with Crippen LogP contribution >= 0.6 is 0 Å². The quantitative estimate of drug-likeness (QED) is 0.515. The van der Waals surface area contributed by atoms with Crippen molar-refractivity contribution in [3.8, 4) is 11.1 Å². The number of ether oxygens (including phenoxy) is 2. The van der Waals surface area contributed by atoms with Crippen LogP contribution in [0.1, 0.15) is 27.5 Å². The van der Waals surface area contributed by atoms with Crippen molar-refractivity contribution in [2.24, 2.45) is 5.92 Å². The molecule has 1 aromatic heterocycles. The summed E-state index contributed by atoms with van der Waals surface area (Å²) in [7, 11) is 0. The molecule has 2 heterocycles. The number of aliphatic carboxylic acids is 1. The van der Waals surface area contributed by atoms with Gasteiger partial charge in [-0.3, -0.25) is 20.0 Å². The lowest BCUT2D eigenvalue weighted by Gasteiger charge is -2.20. The van der Waals surface area contributed by atoms with Crippen molar-refractivity contribution < 1.29 is 29.0 Å². The second-order valence-corrected chi connectivity index (χ2v) is 8.48. The molecule has 10 heteroatoms. The highest BCUT2D eigenvalue weighted by Crippen LogP contribution is 2.44. The van der Waals surface area contributed by atoms with Gasteiger partial charge >= 0.3 is 12.1 Å². The maximum atomic E-state index is 12.8. The smallest absolute Gasteiger partial charge is 0.412 e. The summed E-state index contributed by atoms with van der Waals surface area (Å²) in [5.41, 5.74) is 4.61. The molecule has 1 unspecified atom stereocenters. The van der Waals surface area contributed by atoms with E-state index in [9.17, 15) is 19.5 Å². The monoisotopic (exact) mass is 476 g/mol. The molecular formula is C25H24N4O6. The molecule has 1 atom stereocenters. The van der Waals surface area contributed by atoms with Crippen molar-refractivity contribution in [3.05, 3.63) is 71.4 Å². The number of amides is 2. The van der Waals surface area contributed by atoms with Crippen molar-refractivity contribution in [2.75, 3.05) is 38.2 Å². The lowest BCUT2D eigenvalue weighted by Crippen LogP contribution is -2.38. The van der Waals surface area contributed by atoms with Gasteiger partial charge in [-0.2, -0.15) is 5.10 Å². The van der Waals surface area contributed by atoms with Crippen molar-refractivity contribution in [1.82, 2.24) is 15.1 Å². The Morgan fingerprint density at radius 2 is 1.80 bits per heavy atom. The van der Waals surface area contributed by atoms with Gasteiger partial charge < -0.3 is 19.5 Å². The van der Waals surface area contributed by atoms with Crippen LogP contribution in [0, 0.1) is 5.92 Å². The molecule has 2 aliphatic rings. The van der Waals surface area contributed by atoms with Gasteiger partial charge in [-0.1, -0.05) is 48.5 Å². The second kappa shape index (κ2) is 9.59. The Labute approximate surface area is 200 Å². The number of H-pyrrole nitrogens is 1. The van der Waals surface area contributed by atoms with Gasteiger partial charge in [-0.05, 0) is 22.3 Å². The number of carboxylic acids is 1. The van der Waals surface area contributed by atoms with Gasteiger partial charge in [0.15, 0.2) is 5.82 Å². The normalized spacial score (nSPS) is 17.3. The summed E-state index contributed by atoms with van der Waals surface area (Å²) < 4.78 is 10.8. The summed E-state index contributed by atoms with van der Waals surface area (Å²) in [4.78, 5) is 38.0. The molecule has 35 heavy (non-hydrogen) atoms. The summed E-state index contributed by atoms with van der Waals surface area (Å²) >= 11 is 0. The zero-order valence-electron chi connectivity index (χ0n) is 18.8. The van der Waals surface area contributed by atoms with E-state index in [1.165, 1.54) is 11.0 Å². The number of carbonyl (C=O) groups excluding carboxylic acids is 2. The molecule has 0 saturated carbocycles. The second-order valence-electron chi connectivity index (χ2n) is 8.48. The molecule has 3 aromatic rings. The molecule has 1 aliphatic carbocycles. The Morgan fingerprint density at radius 1 is 1.11 bits per heavy atom. The highest BCUT2D eigenvalue weighted by Gasteiger charge is 2.30. The average molecular weight is 476 g/mol. The van der Waals surface area contributed by atoms with Gasteiger partial charge in [0.05, 0.1) is 19.1 Å². The van der Waals surface area contributed by atoms with E-state index in [0.29, 0.717) is 0 Å². The zero-order valence-corrected chi connectivity index (χ0v) is 18.8. The van der Waals surface area contributed by atoms with Gasteiger partial charge in [0, 0.05) is 25.1 Å². The first kappa shape index (κ1) is 22.6. The first-order chi connectivity index (χ1) is 17.0. The summed E-state index contributed by atoms with van der Waals surface area (Å²) in [5, 5.41) is 18.4. The molecule has 0 radical (unpaired) electrons. The van der Waals surface area contributed by atoms with Crippen LogP contribution in [-0.4, -0.2) is 71.1 Å². The molecule has 5 rings (SSSR count). The van der Waals surface area contributed by atoms with Gasteiger partial charge in [-0.15, -0.1) is 0 Å². The Hall–Kier alpha value is -4.18. The molecule has 0 spiro atoms. The Balaban J connectivity index is 1.21. The maximum absolute atomic E-state index is 12.8. The Kier molecular flexibility index (Phi) is 6.19. The van der Waals surface area contributed by atoms with E-state index >= 15 is 0 Å². The number of carbonyl (C=O) groups is 3. The van der Waals surface area contributed by atoms with Crippen LogP contribution in [0.5, 0.6) is 0 Å². The van der Waals surface area contributed by atoms with Gasteiger partial charge in [-0.25, -0.2) is 4.79 Å². The highest BCUT2D eigenvalue weighted by molar-refractivity contribution is 5.94. The lowest BCUT2D eigenvalue weighted by molar-refractivity contribution is -0.143. The first-order valence-corrected chi connectivity index (χ1v) is 11.3. The Bertz CT molecular complexity index is 1230. The molecule has 2 aromatic carbocycles. The molecule has 180 valence electrons. The third-order valence-electron chi connectivity index (χ3n) is 6.28. The van der Waals surface area contributed by atoms with Gasteiger partial charge in [0.1, 0.15) is 12.3 Å². The number of aromatic nitrogens is 2. The maximum Gasteiger partial charge on any atom is 0.412 e. The fraction of sp³-hybridized carbons (Fsp3) is 0.280. The van der Waals surface area contributed by atoms with Crippen molar-refractivity contribution in [3.63, 3.8) is 0 Å². The lowest BCUT2D eigenvalue weighted by atomic mass is 9.98. The summed E-state index contributed by atoms with van der Waals surface area (Å²) in [5.74, 6) is -2.19. The number of hydrogen-bond acceptors (Lipinski definition) is 6. The first-order valence-electron chi connectivity index (χ1n) is 11.3. The van der Waals surface area contributed by atoms with Crippen LogP contribution in [0.4, 0.5) is 10.6 Å². The third kappa shape index (κ3) is 4.60. The molecule has 1 fully saturated rings. The van der Waals surface area contributed by atoms with Crippen LogP contribution in [0.3, 0.4) is 0 Å². The summed E-state index contributed by atoms with van der Waals surface area (Å²) in [6.45, 7) is 0.741. The molecule has 2 amide bonds. The van der Waals surface area contributed by atoms with E-state index in [0.717, 1.165) is 22.3 Å². The zero-order chi connectivity index (χ0) is 24.4. The number of aromatic amines is 1. The third-order valence-corrected chi connectivity index (χ3v) is 6.28. The summed E-state index contributed by atoms with van der Waals surface area (Å²) in [6, 6.07) is 17.5. The van der Waals surface area contributed by atoms with Crippen LogP contribution in [0.2, 0.25) is 0 Å². The van der Waals surface area contributed by atoms with Crippen molar-refractivity contribution in [2.45, 2.75) is 5.92 Å². The van der Waals surface area contributed by atoms with Crippen LogP contribution in [0.25, 0.3) is 11.1 Å². The predicted molar refractivity (Wildman–Crippen MR) is 125 cm³/mol. The molecule has 10 nitrogen and oxygen atoms in total. The average Bonchev–Trinajstić information content (AvgIpc) is 3.35. The topological polar surface area (TPSA) is 134 Å². The number of rotatable bonds is 5. The SMILES string of the molecule is O=C(Nc1cc(C(=O)N2CCOCC(C(=O)O)C2)[nH]n1)OCC1c2ccccc2-c2ccccc21. The standard InChI is InChI=1S/C25H24N4O6/c30-23(29-9-10-34-13-15(12-29)24(31)32)21-11-22(28-27-21)26-25(33)35-14-20-18-7-3-1-5-16(18)17-6-2-4-8-19(17)20/h1-8,11,15,20H,9-10,12-14H2,(H,31,32)(H2,26,27,28,33). The van der Waals surface area contributed by atoms with E-state index in [1.54, 1.807) is 0 Å². The molecule has 1 saturated heterocycles. The largest absolute Gasteiger partial charge is 0.481 e. The number of nitrogens with zero attached hydrogens (tertiary/aromatic N) is 2. The summed E-state index contributed by atoms with van der Waals surface area (Å²) in [6.07, 6.45) is -0.688. The Morgan fingerprint density at radius 3 is 2.49 bits per heavy atom. The number of nitrogens with one attached hydrogen (secondary N) is 2. The number of benzene rings is 2. The van der Waals surface area contributed by atoms with Crippen molar-refractivity contribution in [1.29, 1.82) is 0 Å². The fourth-order valence-electron chi connectivity index (χ4n) is 4.55. The van der Waals surface area contributed by atoms with E-state index in [-0.39, 0.29) is 50.3 Å². The fourth-order valence-corrected chi connectivity index (χ4v) is 4.55. The van der Waals surface area contributed by atoms with Crippen LogP contribution < -0.4 is 5.32 Å². The van der Waals surface area contributed by atoms with E-state index in [1.807, 2.05) is 36.4 Å². The molecule has 3 N–H and O–H groups in total. The van der Waals surface area contributed by atoms with E-state index in [2.05, 4.69) is 27.6 Å². The van der Waals surface area contributed by atoms with E-state index < -0.39 is 23.9 Å². The molecule has 1 aliphatic heterocycles. The van der Waals surface area contributed by atoms with Crippen LogP contribution in [-0.2, 0) is 14.3 Å². The number of hydrogen-bond donors (Lipinski definition) is 3. The van der Waals surface area contributed by atoms with Crippen molar-refractivity contribution >= 4 is 23.8 Å². The predicted octanol–water partition coefficient (Wildman–Crippen LogP) is 2.94. The molecule has 0 bridgehead atoms. The highest BCUT2D eigenvalue weighted by atomic mass is 16.5. The van der Waals surface area contributed by atoms with Crippen LogP contribution in [0.15, 0.2) is 54.6 Å². The number of carboxylic acid groups (broad SMARTS) is 1. The number of fused-ring (bicyclic) bond motifs is 3. The minimum Gasteiger partial charge on any atom is -0.481 e. The van der Waals surface area contributed by atoms with Gasteiger partial charge in [0.2, 0.25) is 0 Å². The minimum absolute atomic E-state index is 0.0301. The minimum atomic E-state index is -1.02. The van der Waals surface area contributed by atoms with E-state index in [4.69, 9.17) is 9.47 Å².